The number of para-hydroxylation sites is 3. The first-order valence-electron chi connectivity index (χ1n) is 26.5. The molecule has 0 amide bonds. The summed E-state index contributed by atoms with van der Waals surface area (Å²) >= 11 is 0. The van der Waals surface area contributed by atoms with Crippen molar-refractivity contribution in [2.24, 2.45) is 0 Å². The van der Waals surface area contributed by atoms with Crippen LogP contribution in [0.1, 0.15) is 0 Å². The highest BCUT2D eigenvalue weighted by Crippen LogP contribution is 2.51. The van der Waals surface area contributed by atoms with Crippen molar-refractivity contribution in [2.45, 2.75) is 0 Å². The number of hydrogen-bond donors (Lipinski definition) is 0. The van der Waals surface area contributed by atoms with Gasteiger partial charge >= 0.3 is 0 Å². The normalized spacial score (nSPS) is 12.1. The van der Waals surface area contributed by atoms with Crippen molar-refractivity contribution < 1.29 is 13.3 Å². The van der Waals surface area contributed by atoms with Gasteiger partial charge in [0.05, 0.1) is 22.1 Å². The first kappa shape index (κ1) is 42.8. The number of anilines is 6. The highest BCUT2D eigenvalue weighted by atomic mass is 16.3. The molecule has 5 heterocycles. The fourth-order valence-corrected chi connectivity index (χ4v) is 12.5. The molecule has 0 bridgehead atoms. The molecule has 0 radical (unpaired) electrons. The molecule has 78 heavy (non-hydrogen) atoms. The second-order valence-corrected chi connectivity index (χ2v) is 20.4. The molecule has 5 aromatic heterocycles. The summed E-state index contributed by atoms with van der Waals surface area (Å²) in [4.78, 5) is 4.73. The van der Waals surface area contributed by atoms with Crippen LogP contribution in [0, 0.1) is 0 Å². The van der Waals surface area contributed by atoms with Gasteiger partial charge in [-0.3, -0.25) is 4.40 Å². The van der Waals surface area contributed by atoms with Crippen molar-refractivity contribution in [2.75, 3.05) is 9.80 Å². The molecule has 0 aliphatic carbocycles. The lowest BCUT2D eigenvalue weighted by Gasteiger charge is -2.26. The zero-order valence-corrected chi connectivity index (χ0v) is 41.9. The largest absolute Gasteiger partial charge is 0.456 e. The molecule has 0 unspecified atom stereocenters. The summed E-state index contributed by atoms with van der Waals surface area (Å²) in [6, 6.07) is 93.2. The van der Waals surface area contributed by atoms with E-state index in [1.165, 1.54) is 11.1 Å². The molecule has 0 spiro atoms. The predicted octanol–water partition coefficient (Wildman–Crippen LogP) is 20.8. The monoisotopic (exact) mass is 997 g/mol. The van der Waals surface area contributed by atoms with Crippen LogP contribution >= 0.6 is 0 Å². The second kappa shape index (κ2) is 16.5. The zero-order valence-electron chi connectivity index (χ0n) is 41.9. The van der Waals surface area contributed by atoms with Gasteiger partial charge in [0.2, 0.25) is 5.71 Å². The van der Waals surface area contributed by atoms with Crippen LogP contribution < -0.4 is 9.80 Å². The van der Waals surface area contributed by atoms with E-state index in [1.807, 2.05) is 24.3 Å². The van der Waals surface area contributed by atoms with Crippen LogP contribution in [0.2, 0.25) is 0 Å². The smallest absolute Gasteiger partial charge is 0.213 e. The molecule has 17 rings (SSSR count). The van der Waals surface area contributed by atoms with Crippen LogP contribution in [-0.4, -0.2) is 4.40 Å². The first-order chi connectivity index (χ1) is 38.6. The number of rotatable bonds is 8. The Balaban J connectivity index is 0.883. The summed E-state index contributed by atoms with van der Waals surface area (Å²) in [5, 5.41) is 12.3. The average Bonchev–Trinajstić information content (AvgIpc) is 4.50. The lowest BCUT2D eigenvalue weighted by molar-refractivity contribution is 0.652. The Labute approximate surface area is 446 Å². The first-order valence-corrected chi connectivity index (χ1v) is 26.5. The van der Waals surface area contributed by atoms with Crippen molar-refractivity contribution in [3.8, 4) is 22.3 Å². The lowest BCUT2D eigenvalue weighted by Crippen LogP contribution is -2.10. The summed E-state index contributed by atoms with van der Waals surface area (Å²) in [6.07, 6.45) is 0. The Bertz CT molecular complexity index is 5200. The van der Waals surface area contributed by atoms with Gasteiger partial charge in [0, 0.05) is 83.7 Å². The molecule has 0 atom stereocenters. The maximum Gasteiger partial charge on any atom is 0.213 e. The van der Waals surface area contributed by atoms with Crippen LogP contribution in [0.25, 0.3) is 126 Å². The molecular formula is C72H43N3O3. The number of benzene rings is 12. The van der Waals surface area contributed by atoms with E-state index in [0.717, 1.165) is 149 Å². The molecule has 0 aliphatic rings. The summed E-state index contributed by atoms with van der Waals surface area (Å²) < 4.78 is 22.5. The maximum atomic E-state index is 7.05. The van der Waals surface area contributed by atoms with Gasteiger partial charge in [0.25, 0.3) is 0 Å². The highest BCUT2D eigenvalue weighted by Gasteiger charge is 2.28. The molecule has 0 saturated carbocycles. The Hall–Kier alpha value is -10.6. The van der Waals surface area contributed by atoms with Gasteiger partial charge in [-0.05, 0) is 130 Å². The number of nitrogens with zero attached hydrogens (tertiary/aromatic N) is 3. The predicted molar refractivity (Wildman–Crippen MR) is 323 cm³/mol. The third-order valence-electron chi connectivity index (χ3n) is 16.1. The van der Waals surface area contributed by atoms with Crippen LogP contribution in [0.3, 0.4) is 0 Å². The third kappa shape index (κ3) is 6.38. The SMILES string of the molecule is c1ccc(-c2ccc(N(c3ccc4cc5c6ccc(N(c7ccc(-c8ccccc8)cc7)c7ccc8c(c7)oc7ccccc78)c7c8c9ccccc9oc8n(c5cc4c3)c67)c3ccc4c(c3)oc3ccccc34)cc2)cc1. The molecule has 0 aliphatic heterocycles. The van der Waals surface area contributed by atoms with Gasteiger partial charge in [0.15, 0.2) is 0 Å². The van der Waals surface area contributed by atoms with E-state index in [-0.39, 0.29) is 0 Å². The molecule has 6 nitrogen and oxygen atoms in total. The van der Waals surface area contributed by atoms with E-state index in [1.54, 1.807) is 0 Å². The minimum atomic E-state index is 0.820. The Morgan fingerprint density at radius 1 is 0.269 bits per heavy atom. The maximum absolute atomic E-state index is 7.05. The quantitative estimate of drug-likeness (QED) is 0.152. The summed E-state index contributed by atoms with van der Waals surface area (Å²) in [6.45, 7) is 0. The lowest BCUT2D eigenvalue weighted by atomic mass is 10.0. The van der Waals surface area contributed by atoms with Gasteiger partial charge in [-0.2, -0.15) is 0 Å². The fraction of sp³-hybridized carbons (Fsp3) is 0. The molecular weight excluding hydrogens is 955 g/mol. The minimum absolute atomic E-state index is 0.820. The van der Waals surface area contributed by atoms with E-state index < -0.39 is 0 Å². The van der Waals surface area contributed by atoms with Crippen LogP contribution in [0.4, 0.5) is 34.1 Å². The molecule has 17 aromatic rings. The topological polar surface area (TPSA) is 50.3 Å². The van der Waals surface area contributed by atoms with Crippen molar-refractivity contribution in [3.63, 3.8) is 0 Å². The molecule has 0 saturated heterocycles. The van der Waals surface area contributed by atoms with Crippen LogP contribution in [0.5, 0.6) is 0 Å². The average molecular weight is 998 g/mol. The molecule has 0 N–H and O–H groups in total. The van der Waals surface area contributed by atoms with E-state index in [0.29, 0.717) is 0 Å². The van der Waals surface area contributed by atoms with Crippen molar-refractivity contribution in [3.05, 3.63) is 261 Å². The third-order valence-corrected chi connectivity index (χ3v) is 16.1. The van der Waals surface area contributed by atoms with Gasteiger partial charge < -0.3 is 23.1 Å². The second-order valence-electron chi connectivity index (χ2n) is 20.4. The van der Waals surface area contributed by atoms with E-state index in [2.05, 4.69) is 251 Å². The zero-order chi connectivity index (χ0) is 51.0. The molecule has 0 fully saturated rings. The standard InChI is InChI=1S/C72H43N3O3/c1-3-13-44(14-4-1)46-23-28-50(29-24-46)73(53-33-35-57-55-17-7-10-20-64(55)76-67(57)42-53)52-32-27-48-40-61-59-37-38-62(70-69-60-19-9-12-22-66(60)78-72(69)75(71(59)70)63(61)41-49(48)39-52)74(51-30-25-47(26-31-51)45-15-5-2-6-16-45)54-34-36-58-56-18-8-11-21-65(56)77-68(58)43-54/h1-43H. The number of fused-ring (bicyclic) bond motifs is 15. The van der Waals surface area contributed by atoms with Crippen LogP contribution in [0.15, 0.2) is 274 Å². The minimum Gasteiger partial charge on any atom is -0.456 e. The number of aromatic nitrogens is 1. The van der Waals surface area contributed by atoms with Crippen LogP contribution in [-0.2, 0) is 0 Å². The summed E-state index contributed by atoms with van der Waals surface area (Å²) in [5.74, 6) is 0. The fourth-order valence-electron chi connectivity index (χ4n) is 12.5. The Morgan fingerprint density at radius 3 is 1.35 bits per heavy atom. The molecule has 6 heteroatoms. The number of furan rings is 3. The van der Waals surface area contributed by atoms with Crippen molar-refractivity contribution in [1.29, 1.82) is 0 Å². The Kier molecular flexibility index (Phi) is 9.03. The summed E-state index contributed by atoms with van der Waals surface area (Å²) in [5.41, 5.74) is 18.1. The van der Waals surface area contributed by atoms with Gasteiger partial charge in [-0.15, -0.1) is 0 Å². The van der Waals surface area contributed by atoms with Crippen molar-refractivity contribution >= 4 is 138 Å². The van der Waals surface area contributed by atoms with E-state index in [9.17, 15) is 0 Å². The van der Waals surface area contributed by atoms with Gasteiger partial charge in [0.1, 0.15) is 27.9 Å². The van der Waals surface area contributed by atoms with Crippen molar-refractivity contribution in [1.82, 2.24) is 4.40 Å². The van der Waals surface area contributed by atoms with E-state index >= 15 is 0 Å². The summed E-state index contributed by atoms with van der Waals surface area (Å²) in [7, 11) is 0. The molecule has 364 valence electrons. The highest BCUT2D eigenvalue weighted by molar-refractivity contribution is 6.32. The van der Waals surface area contributed by atoms with Gasteiger partial charge in [-0.25, -0.2) is 0 Å². The van der Waals surface area contributed by atoms with E-state index in [4.69, 9.17) is 13.3 Å². The van der Waals surface area contributed by atoms with Gasteiger partial charge in [-0.1, -0.05) is 152 Å². The number of hydrogen-bond acceptors (Lipinski definition) is 5. The molecule has 12 aromatic carbocycles. The Morgan fingerprint density at radius 2 is 0.731 bits per heavy atom.